The Morgan fingerprint density at radius 3 is 2.48 bits per heavy atom. The molecular weight excluding hydrogens is 386 g/mol. The van der Waals surface area contributed by atoms with E-state index in [1.54, 1.807) is 61.0 Å². The number of benzene rings is 2. The quantitative estimate of drug-likeness (QED) is 0.707. The summed E-state index contributed by atoms with van der Waals surface area (Å²) >= 11 is 1.12. The Bertz CT molecular complexity index is 1160. The second kappa shape index (κ2) is 7.16. The molecule has 2 aromatic carbocycles. The van der Waals surface area contributed by atoms with Crippen molar-refractivity contribution in [3.63, 3.8) is 0 Å². The molecule has 3 rings (SSSR count). The Hall–Kier alpha value is -2.65. The molecule has 0 aliphatic rings. The van der Waals surface area contributed by atoms with Gasteiger partial charge < -0.3 is 9.88 Å². The van der Waals surface area contributed by atoms with Gasteiger partial charge in [-0.05, 0) is 49.4 Å². The average Bonchev–Trinajstić information content (AvgIpc) is 2.94. The second-order valence-corrected chi connectivity index (χ2v) is 9.26. The van der Waals surface area contributed by atoms with Crippen LogP contribution < -0.4 is 14.5 Å². The number of nitrogens with zero attached hydrogens (tertiary/aromatic N) is 2. The highest BCUT2D eigenvalue weighted by Crippen LogP contribution is 2.22. The Morgan fingerprint density at radius 2 is 1.85 bits per heavy atom. The number of nitrogens with one attached hydrogen (secondary N) is 1. The van der Waals surface area contributed by atoms with Gasteiger partial charge in [0.2, 0.25) is 10.0 Å². The summed E-state index contributed by atoms with van der Waals surface area (Å²) in [5, 5.41) is 2.79. The van der Waals surface area contributed by atoms with Crippen LogP contribution in [0.4, 0.5) is 11.4 Å². The molecule has 9 heteroatoms. The van der Waals surface area contributed by atoms with Gasteiger partial charge >= 0.3 is 4.87 Å². The lowest BCUT2D eigenvalue weighted by molar-refractivity contribution is 0.102. The lowest BCUT2D eigenvalue weighted by atomic mass is 10.2. The summed E-state index contributed by atoms with van der Waals surface area (Å²) in [5.74, 6) is -0.315. The number of aromatic nitrogens is 1. The molecule has 0 saturated carbocycles. The molecule has 1 heterocycles. The van der Waals surface area contributed by atoms with Crippen LogP contribution >= 0.6 is 11.3 Å². The third kappa shape index (κ3) is 3.74. The van der Waals surface area contributed by atoms with E-state index in [1.807, 2.05) is 0 Å². The first-order valence-electron chi connectivity index (χ1n) is 8.20. The first-order valence-corrected chi connectivity index (χ1v) is 10.6. The van der Waals surface area contributed by atoms with E-state index in [4.69, 9.17) is 0 Å². The molecule has 0 bridgehead atoms. The van der Waals surface area contributed by atoms with Gasteiger partial charge in [0.25, 0.3) is 5.91 Å². The minimum atomic E-state index is -3.35. The van der Waals surface area contributed by atoms with Crippen LogP contribution in [0.5, 0.6) is 0 Å². The van der Waals surface area contributed by atoms with Crippen molar-refractivity contribution in [1.29, 1.82) is 0 Å². The summed E-state index contributed by atoms with van der Waals surface area (Å²) < 4.78 is 27.4. The van der Waals surface area contributed by atoms with E-state index < -0.39 is 10.0 Å². The minimum absolute atomic E-state index is 0.000229. The highest BCUT2D eigenvalue weighted by atomic mass is 32.2. The summed E-state index contributed by atoms with van der Waals surface area (Å²) in [7, 11) is -0.163. The van der Waals surface area contributed by atoms with Crippen LogP contribution in [0, 0.1) is 0 Å². The summed E-state index contributed by atoms with van der Waals surface area (Å²) in [6.07, 6.45) is 0. The van der Waals surface area contributed by atoms with Gasteiger partial charge in [-0.3, -0.25) is 13.9 Å². The number of carbonyl (C=O) groups excluding carboxylic acids is 1. The SMILES string of the molecule is CCS(=O)(=O)N(C)c1ccc(C(=O)Nc2ccc3c(c2)sc(=O)n3C)cc1. The monoisotopic (exact) mass is 405 g/mol. The zero-order valence-electron chi connectivity index (χ0n) is 15.1. The second-order valence-electron chi connectivity index (χ2n) is 5.98. The zero-order valence-corrected chi connectivity index (χ0v) is 16.7. The fraction of sp³-hybridized carbons (Fsp3) is 0.222. The number of fused-ring (bicyclic) bond motifs is 1. The fourth-order valence-electron chi connectivity index (χ4n) is 2.59. The first-order chi connectivity index (χ1) is 12.7. The van der Waals surface area contributed by atoms with E-state index in [1.165, 1.54) is 11.4 Å². The van der Waals surface area contributed by atoms with Crippen molar-refractivity contribution in [2.75, 3.05) is 22.4 Å². The molecule has 0 radical (unpaired) electrons. The molecule has 0 spiro atoms. The average molecular weight is 406 g/mol. The van der Waals surface area contributed by atoms with Crippen LogP contribution in [-0.2, 0) is 17.1 Å². The highest BCUT2D eigenvalue weighted by molar-refractivity contribution is 7.92. The number of amides is 1. The lowest BCUT2D eigenvalue weighted by Crippen LogP contribution is -2.28. The predicted molar refractivity (Wildman–Crippen MR) is 109 cm³/mol. The topological polar surface area (TPSA) is 88.5 Å². The van der Waals surface area contributed by atoms with E-state index in [9.17, 15) is 18.0 Å². The maximum Gasteiger partial charge on any atom is 0.307 e. The molecule has 142 valence electrons. The molecule has 1 aromatic heterocycles. The molecule has 0 aliphatic heterocycles. The normalized spacial score (nSPS) is 11.5. The molecule has 3 aromatic rings. The molecule has 0 atom stereocenters. The number of hydrogen-bond donors (Lipinski definition) is 1. The number of anilines is 2. The largest absolute Gasteiger partial charge is 0.322 e. The molecule has 0 saturated heterocycles. The molecular formula is C18H19N3O4S2. The van der Waals surface area contributed by atoms with Gasteiger partial charge in [0.05, 0.1) is 21.7 Å². The number of hydrogen-bond acceptors (Lipinski definition) is 5. The first kappa shape index (κ1) is 19.1. The molecule has 0 fully saturated rings. The maximum absolute atomic E-state index is 12.5. The van der Waals surface area contributed by atoms with E-state index in [2.05, 4.69) is 5.32 Å². The maximum atomic E-state index is 12.5. The highest BCUT2D eigenvalue weighted by Gasteiger charge is 2.16. The van der Waals surface area contributed by atoms with Crippen molar-refractivity contribution in [3.05, 3.63) is 57.7 Å². The van der Waals surface area contributed by atoms with Gasteiger partial charge in [0, 0.05) is 25.3 Å². The van der Waals surface area contributed by atoms with Gasteiger partial charge in [-0.15, -0.1) is 0 Å². The lowest BCUT2D eigenvalue weighted by Gasteiger charge is -2.18. The number of thiazole rings is 1. The Labute approximate surface area is 160 Å². The van der Waals surface area contributed by atoms with Crippen molar-refractivity contribution in [1.82, 2.24) is 4.57 Å². The van der Waals surface area contributed by atoms with Gasteiger partial charge in [0.1, 0.15) is 0 Å². The van der Waals surface area contributed by atoms with Gasteiger partial charge in [0.15, 0.2) is 0 Å². The van der Waals surface area contributed by atoms with Crippen LogP contribution in [0.15, 0.2) is 47.3 Å². The summed E-state index contributed by atoms with van der Waals surface area (Å²) in [4.78, 5) is 24.1. The Balaban J connectivity index is 1.79. The number of sulfonamides is 1. The standard InChI is InChI=1S/C18H19N3O4S2/c1-4-27(24,25)21(3)14-8-5-12(6-9-14)17(22)19-13-7-10-15-16(11-13)26-18(23)20(15)2/h5-11H,4H2,1-3H3,(H,19,22). The van der Waals surface area contributed by atoms with E-state index in [0.29, 0.717) is 16.9 Å². The molecule has 7 nitrogen and oxygen atoms in total. The molecule has 0 unspecified atom stereocenters. The van der Waals surface area contributed by atoms with Crippen molar-refractivity contribution >= 4 is 48.9 Å². The molecule has 1 N–H and O–H groups in total. The van der Waals surface area contributed by atoms with Gasteiger partial charge in [-0.1, -0.05) is 11.3 Å². The predicted octanol–water partition coefficient (Wildman–Crippen LogP) is 2.64. The van der Waals surface area contributed by atoms with Crippen molar-refractivity contribution in [2.45, 2.75) is 6.92 Å². The number of carbonyl (C=O) groups is 1. The summed E-state index contributed by atoms with van der Waals surface area (Å²) in [6.45, 7) is 1.58. The smallest absolute Gasteiger partial charge is 0.307 e. The van der Waals surface area contributed by atoms with Crippen molar-refractivity contribution in [3.8, 4) is 0 Å². The zero-order chi connectivity index (χ0) is 19.8. The van der Waals surface area contributed by atoms with Crippen molar-refractivity contribution < 1.29 is 13.2 Å². The summed E-state index contributed by atoms with van der Waals surface area (Å²) in [5.41, 5.74) is 2.29. The van der Waals surface area contributed by atoms with Gasteiger partial charge in [-0.25, -0.2) is 8.42 Å². The number of rotatable bonds is 5. The molecule has 0 aliphatic carbocycles. The van der Waals surface area contributed by atoms with Crippen LogP contribution in [-0.4, -0.2) is 31.7 Å². The number of aryl methyl sites for hydroxylation is 1. The van der Waals surface area contributed by atoms with E-state index >= 15 is 0 Å². The third-order valence-corrected chi connectivity index (χ3v) is 7.10. The van der Waals surface area contributed by atoms with E-state index in [0.717, 1.165) is 21.6 Å². The van der Waals surface area contributed by atoms with Crippen LogP contribution in [0.2, 0.25) is 0 Å². The Morgan fingerprint density at radius 1 is 1.19 bits per heavy atom. The van der Waals surface area contributed by atoms with Crippen LogP contribution in [0.25, 0.3) is 10.2 Å². The van der Waals surface area contributed by atoms with Crippen LogP contribution in [0.3, 0.4) is 0 Å². The van der Waals surface area contributed by atoms with Gasteiger partial charge in [-0.2, -0.15) is 0 Å². The third-order valence-electron chi connectivity index (χ3n) is 4.33. The summed E-state index contributed by atoms with van der Waals surface area (Å²) in [6, 6.07) is 11.6. The molecule has 27 heavy (non-hydrogen) atoms. The molecule has 1 amide bonds. The Kier molecular flexibility index (Phi) is 5.07. The van der Waals surface area contributed by atoms with Crippen LogP contribution in [0.1, 0.15) is 17.3 Å². The van der Waals surface area contributed by atoms with Crippen molar-refractivity contribution in [2.24, 2.45) is 7.05 Å². The minimum Gasteiger partial charge on any atom is -0.322 e. The fourth-order valence-corrected chi connectivity index (χ4v) is 4.34. The van der Waals surface area contributed by atoms with E-state index in [-0.39, 0.29) is 16.5 Å².